The van der Waals surface area contributed by atoms with Crippen LogP contribution in [0.4, 0.5) is 5.82 Å². The van der Waals surface area contributed by atoms with Crippen LogP contribution in [0.15, 0.2) is 18.2 Å². The van der Waals surface area contributed by atoms with Crippen molar-refractivity contribution in [2.75, 3.05) is 33.2 Å². The number of nitrogens with one attached hydrogen (secondary N) is 1. The molecule has 2 aromatic rings. The molecule has 1 N–H and O–H groups in total. The van der Waals surface area contributed by atoms with Crippen molar-refractivity contribution in [2.45, 2.75) is 18.8 Å². The summed E-state index contributed by atoms with van der Waals surface area (Å²) in [5.74, 6) is 1.82. The first-order valence-electron chi connectivity index (χ1n) is 6.64. The van der Waals surface area contributed by atoms with Crippen molar-refractivity contribution < 1.29 is 14.2 Å². The van der Waals surface area contributed by atoms with Gasteiger partial charge in [0, 0.05) is 26.2 Å². The molecule has 0 saturated heterocycles. The molecule has 1 aromatic carbocycles. The highest BCUT2D eigenvalue weighted by molar-refractivity contribution is 5.91. The second-order valence-electron chi connectivity index (χ2n) is 4.80. The van der Waals surface area contributed by atoms with Gasteiger partial charge in [-0.2, -0.15) is 5.10 Å². The van der Waals surface area contributed by atoms with E-state index in [-0.39, 0.29) is 12.3 Å². The first-order valence-corrected chi connectivity index (χ1v) is 6.64. The van der Waals surface area contributed by atoms with Crippen LogP contribution >= 0.6 is 0 Å². The molecule has 3 rings (SSSR count). The summed E-state index contributed by atoms with van der Waals surface area (Å²) in [6.45, 7) is 0.867. The first kappa shape index (κ1) is 13.2. The summed E-state index contributed by atoms with van der Waals surface area (Å²) in [7, 11) is 4.98. The van der Waals surface area contributed by atoms with Gasteiger partial charge in [-0.15, -0.1) is 0 Å². The van der Waals surface area contributed by atoms with Gasteiger partial charge in [0.1, 0.15) is 17.6 Å². The summed E-state index contributed by atoms with van der Waals surface area (Å²) in [5, 5.41) is 9.12. The highest BCUT2D eigenvalue weighted by Gasteiger charge is 2.30. The van der Waals surface area contributed by atoms with Crippen molar-refractivity contribution in [1.29, 1.82) is 0 Å². The molecule has 0 spiro atoms. The summed E-state index contributed by atoms with van der Waals surface area (Å²) < 4.78 is 18.1. The summed E-state index contributed by atoms with van der Waals surface area (Å²) in [5.41, 5.74) is 0.936. The third-order valence-corrected chi connectivity index (χ3v) is 3.73. The Morgan fingerprint density at radius 2 is 2.10 bits per heavy atom. The number of hydrogen-bond acceptors (Lipinski definition) is 5. The van der Waals surface area contributed by atoms with Crippen molar-refractivity contribution in [3.8, 4) is 5.75 Å². The summed E-state index contributed by atoms with van der Waals surface area (Å²) in [4.78, 5) is 0. The van der Waals surface area contributed by atoms with Gasteiger partial charge in [0.2, 0.25) is 0 Å². The maximum atomic E-state index is 5.40. The smallest absolute Gasteiger partial charge is 0.179 e. The maximum Gasteiger partial charge on any atom is 0.179 e. The molecule has 0 aliphatic carbocycles. The number of benzene rings is 1. The Labute approximate surface area is 117 Å². The minimum atomic E-state index is -0.299. The zero-order valence-electron chi connectivity index (χ0n) is 11.9. The SMILES string of the molecule is COc1ccc2nn3c(c2c1)NCCC3C(OC)OC. The molecule has 0 radical (unpaired) electrons. The van der Waals surface area contributed by atoms with E-state index in [9.17, 15) is 0 Å². The predicted molar refractivity (Wildman–Crippen MR) is 76.2 cm³/mol. The first-order chi connectivity index (χ1) is 9.78. The number of methoxy groups -OCH3 is 3. The molecular weight excluding hydrogens is 258 g/mol. The third-order valence-electron chi connectivity index (χ3n) is 3.73. The molecule has 0 amide bonds. The molecule has 6 nitrogen and oxygen atoms in total. The summed E-state index contributed by atoms with van der Waals surface area (Å²) in [6, 6.07) is 5.95. The van der Waals surface area contributed by atoms with E-state index in [0.717, 1.165) is 35.4 Å². The van der Waals surface area contributed by atoms with Crippen molar-refractivity contribution in [2.24, 2.45) is 0 Å². The Morgan fingerprint density at radius 3 is 2.80 bits per heavy atom. The molecule has 1 aromatic heterocycles. The van der Waals surface area contributed by atoms with Crippen LogP contribution in [0.3, 0.4) is 0 Å². The van der Waals surface area contributed by atoms with Gasteiger partial charge in [-0.1, -0.05) is 0 Å². The zero-order chi connectivity index (χ0) is 14.1. The Bertz CT molecular complexity index is 607. The second-order valence-corrected chi connectivity index (χ2v) is 4.80. The fourth-order valence-corrected chi connectivity index (χ4v) is 2.75. The predicted octanol–water partition coefficient (Wildman–Crippen LogP) is 2.02. The van der Waals surface area contributed by atoms with E-state index in [1.165, 1.54) is 0 Å². The van der Waals surface area contributed by atoms with Gasteiger partial charge < -0.3 is 19.5 Å². The van der Waals surface area contributed by atoms with Crippen molar-refractivity contribution in [3.05, 3.63) is 18.2 Å². The van der Waals surface area contributed by atoms with E-state index in [4.69, 9.17) is 14.2 Å². The second kappa shape index (κ2) is 5.30. The lowest BCUT2D eigenvalue weighted by Gasteiger charge is -2.30. The molecule has 1 unspecified atom stereocenters. The quantitative estimate of drug-likeness (QED) is 0.866. The minimum Gasteiger partial charge on any atom is -0.497 e. The Kier molecular flexibility index (Phi) is 3.50. The Morgan fingerprint density at radius 1 is 1.30 bits per heavy atom. The average Bonchev–Trinajstić information content (AvgIpc) is 2.87. The number of anilines is 1. The number of fused-ring (bicyclic) bond motifs is 3. The van der Waals surface area contributed by atoms with Crippen LogP contribution in [0.5, 0.6) is 5.75 Å². The van der Waals surface area contributed by atoms with Crippen LogP contribution in [-0.2, 0) is 9.47 Å². The number of hydrogen-bond donors (Lipinski definition) is 1. The lowest BCUT2D eigenvalue weighted by molar-refractivity contribution is -0.135. The number of rotatable bonds is 4. The number of aromatic nitrogens is 2. The van der Waals surface area contributed by atoms with Gasteiger partial charge in [0.15, 0.2) is 6.29 Å². The van der Waals surface area contributed by atoms with Gasteiger partial charge in [-0.3, -0.25) is 0 Å². The summed E-state index contributed by atoms with van der Waals surface area (Å²) >= 11 is 0. The van der Waals surface area contributed by atoms with E-state index in [1.54, 1.807) is 21.3 Å². The topological polar surface area (TPSA) is 57.5 Å². The monoisotopic (exact) mass is 277 g/mol. The normalized spacial score (nSPS) is 18.1. The van der Waals surface area contributed by atoms with Gasteiger partial charge in [-0.05, 0) is 24.6 Å². The van der Waals surface area contributed by atoms with Crippen LogP contribution in [0.2, 0.25) is 0 Å². The van der Waals surface area contributed by atoms with Gasteiger partial charge in [-0.25, -0.2) is 4.68 Å². The maximum absolute atomic E-state index is 5.40. The van der Waals surface area contributed by atoms with Gasteiger partial charge >= 0.3 is 0 Å². The average molecular weight is 277 g/mol. The molecule has 108 valence electrons. The largest absolute Gasteiger partial charge is 0.497 e. The molecule has 1 aliphatic heterocycles. The summed E-state index contributed by atoms with van der Waals surface area (Å²) in [6.07, 6.45) is 0.608. The van der Waals surface area contributed by atoms with Crippen LogP contribution in [0.1, 0.15) is 12.5 Å². The zero-order valence-corrected chi connectivity index (χ0v) is 11.9. The Balaban J connectivity index is 2.10. The van der Waals surface area contributed by atoms with Crippen LogP contribution in [0.25, 0.3) is 10.9 Å². The molecule has 2 heterocycles. The van der Waals surface area contributed by atoms with Crippen LogP contribution in [-0.4, -0.2) is 43.9 Å². The van der Waals surface area contributed by atoms with E-state index in [0.29, 0.717) is 0 Å². The van der Waals surface area contributed by atoms with Crippen molar-refractivity contribution in [3.63, 3.8) is 0 Å². The van der Waals surface area contributed by atoms with Crippen molar-refractivity contribution in [1.82, 2.24) is 9.78 Å². The van der Waals surface area contributed by atoms with Crippen LogP contribution in [0, 0.1) is 0 Å². The molecule has 0 fully saturated rings. The number of ether oxygens (including phenoxy) is 3. The fraction of sp³-hybridized carbons (Fsp3) is 0.500. The molecule has 1 atom stereocenters. The van der Waals surface area contributed by atoms with E-state index < -0.39 is 0 Å². The van der Waals surface area contributed by atoms with Crippen molar-refractivity contribution >= 4 is 16.7 Å². The van der Waals surface area contributed by atoms with E-state index in [1.807, 2.05) is 22.9 Å². The lowest BCUT2D eigenvalue weighted by atomic mass is 10.1. The van der Waals surface area contributed by atoms with E-state index in [2.05, 4.69) is 10.4 Å². The van der Waals surface area contributed by atoms with E-state index >= 15 is 0 Å². The standard InChI is InChI=1S/C14H19N3O3/c1-18-9-4-5-11-10(8-9)13-15-7-6-12(17(13)16-11)14(19-2)20-3/h4-5,8,12,14-15H,6-7H2,1-3H3. The molecule has 6 heteroatoms. The van der Waals surface area contributed by atoms with Gasteiger partial charge in [0.25, 0.3) is 0 Å². The fourth-order valence-electron chi connectivity index (χ4n) is 2.75. The van der Waals surface area contributed by atoms with Gasteiger partial charge in [0.05, 0.1) is 12.6 Å². The highest BCUT2D eigenvalue weighted by atomic mass is 16.7. The highest BCUT2D eigenvalue weighted by Crippen LogP contribution is 2.34. The molecule has 0 saturated carbocycles. The minimum absolute atomic E-state index is 0.0691. The molecule has 20 heavy (non-hydrogen) atoms. The molecule has 0 bridgehead atoms. The number of nitrogens with zero attached hydrogens (tertiary/aromatic N) is 2. The Hall–Kier alpha value is -1.79. The lowest BCUT2D eigenvalue weighted by Crippen LogP contribution is -2.34. The third kappa shape index (κ3) is 2.01. The molecule has 1 aliphatic rings. The molecular formula is C14H19N3O3. The van der Waals surface area contributed by atoms with Crippen LogP contribution < -0.4 is 10.1 Å².